The van der Waals surface area contributed by atoms with Crippen molar-refractivity contribution in [1.82, 2.24) is 4.90 Å². The number of nitrogens with zero attached hydrogens (tertiary/aromatic N) is 1. The van der Waals surface area contributed by atoms with Crippen molar-refractivity contribution in [2.45, 2.75) is 33.2 Å². The molecular formula is C16H27NO2. The first-order valence-electron chi connectivity index (χ1n) is 7.11. The van der Waals surface area contributed by atoms with Crippen molar-refractivity contribution in [3.05, 3.63) is 35.9 Å². The molecule has 0 saturated heterocycles. The van der Waals surface area contributed by atoms with Crippen molar-refractivity contribution in [2.24, 2.45) is 5.41 Å². The van der Waals surface area contributed by atoms with Gasteiger partial charge in [0.05, 0.1) is 6.61 Å². The summed E-state index contributed by atoms with van der Waals surface area (Å²) in [4.78, 5) is 2.22. The zero-order valence-electron chi connectivity index (χ0n) is 12.2. The number of benzene rings is 1. The van der Waals surface area contributed by atoms with E-state index in [9.17, 15) is 10.2 Å². The lowest BCUT2D eigenvalue weighted by Crippen LogP contribution is -2.39. The fourth-order valence-electron chi connectivity index (χ4n) is 2.55. The summed E-state index contributed by atoms with van der Waals surface area (Å²) in [6.07, 6.45) is 2.07. The summed E-state index contributed by atoms with van der Waals surface area (Å²) < 4.78 is 0. The Hall–Kier alpha value is -0.900. The quantitative estimate of drug-likeness (QED) is 0.720. The minimum absolute atomic E-state index is 0.0846. The van der Waals surface area contributed by atoms with Crippen LogP contribution >= 0.6 is 0 Å². The van der Waals surface area contributed by atoms with Crippen LogP contribution in [-0.4, -0.2) is 41.4 Å². The van der Waals surface area contributed by atoms with Crippen molar-refractivity contribution in [1.29, 1.82) is 0 Å². The SMILES string of the molecule is CCCC(C)(CO)CN(CCO)Cc1ccccc1. The number of rotatable bonds is 9. The molecule has 0 radical (unpaired) electrons. The van der Waals surface area contributed by atoms with Gasteiger partial charge in [0.15, 0.2) is 0 Å². The second kappa shape index (κ2) is 8.31. The predicted molar refractivity (Wildman–Crippen MR) is 78.9 cm³/mol. The van der Waals surface area contributed by atoms with E-state index in [0.717, 1.165) is 25.9 Å². The molecule has 3 nitrogen and oxygen atoms in total. The normalized spacial score (nSPS) is 14.6. The van der Waals surface area contributed by atoms with Gasteiger partial charge in [0.2, 0.25) is 0 Å². The third-order valence-corrected chi connectivity index (χ3v) is 3.51. The number of hydrogen-bond donors (Lipinski definition) is 2. The summed E-state index contributed by atoms with van der Waals surface area (Å²) in [7, 11) is 0. The van der Waals surface area contributed by atoms with Crippen LogP contribution in [0.4, 0.5) is 0 Å². The minimum Gasteiger partial charge on any atom is -0.396 e. The molecule has 0 amide bonds. The van der Waals surface area contributed by atoms with Gasteiger partial charge < -0.3 is 10.2 Å². The molecule has 0 aliphatic rings. The van der Waals surface area contributed by atoms with E-state index in [1.807, 2.05) is 18.2 Å². The summed E-state index contributed by atoms with van der Waals surface area (Å²) in [6, 6.07) is 10.3. The molecule has 3 heteroatoms. The van der Waals surface area contributed by atoms with Crippen LogP contribution in [0.15, 0.2) is 30.3 Å². The van der Waals surface area contributed by atoms with E-state index in [4.69, 9.17) is 0 Å². The van der Waals surface area contributed by atoms with Gasteiger partial charge in [-0.05, 0) is 12.0 Å². The van der Waals surface area contributed by atoms with E-state index in [-0.39, 0.29) is 18.6 Å². The van der Waals surface area contributed by atoms with E-state index in [0.29, 0.717) is 6.54 Å². The highest BCUT2D eigenvalue weighted by Gasteiger charge is 2.25. The van der Waals surface area contributed by atoms with Crippen LogP contribution in [0, 0.1) is 5.41 Å². The third-order valence-electron chi connectivity index (χ3n) is 3.51. The smallest absolute Gasteiger partial charge is 0.0558 e. The van der Waals surface area contributed by atoms with E-state index in [1.165, 1.54) is 5.56 Å². The van der Waals surface area contributed by atoms with Crippen LogP contribution in [0.3, 0.4) is 0 Å². The van der Waals surface area contributed by atoms with Gasteiger partial charge in [0, 0.05) is 31.7 Å². The maximum atomic E-state index is 9.61. The van der Waals surface area contributed by atoms with Crippen LogP contribution in [0.2, 0.25) is 0 Å². The number of aliphatic hydroxyl groups is 2. The first-order chi connectivity index (χ1) is 9.13. The van der Waals surface area contributed by atoms with E-state index in [2.05, 4.69) is 30.9 Å². The average Bonchev–Trinajstić information content (AvgIpc) is 2.40. The molecule has 1 unspecified atom stereocenters. The second-order valence-corrected chi connectivity index (χ2v) is 5.64. The average molecular weight is 265 g/mol. The Morgan fingerprint density at radius 2 is 1.84 bits per heavy atom. The lowest BCUT2D eigenvalue weighted by atomic mass is 9.86. The molecule has 0 aromatic heterocycles. The van der Waals surface area contributed by atoms with Crippen LogP contribution in [-0.2, 0) is 6.54 Å². The third kappa shape index (κ3) is 5.72. The van der Waals surface area contributed by atoms with Gasteiger partial charge in [-0.15, -0.1) is 0 Å². The van der Waals surface area contributed by atoms with Gasteiger partial charge in [-0.3, -0.25) is 4.90 Å². The van der Waals surface area contributed by atoms with Crippen LogP contribution in [0.5, 0.6) is 0 Å². The summed E-state index contributed by atoms with van der Waals surface area (Å²) in [5, 5.41) is 18.8. The summed E-state index contributed by atoms with van der Waals surface area (Å²) in [5.41, 5.74) is 1.16. The molecule has 1 atom stereocenters. The van der Waals surface area contributed by atoms with Gasteiger partial charge in [-0.1, -0.05) is 50.6 Å². The monoisotopic (exact) mass is 265 g/mol. The fourth-order valence-corrected chi connectivity index (χ4v) is 2.55. The Morgan fingerprint density at radius 1 is 1.16 bits per heavy atom. The van der Waals surface area contributed by atoms with Crippen LogP contribution in [0.1, 0.15) is 32.3 Å². The Balaban J connectivity index is 2.66. The van der Waals surface area contributed by atoms with Crippen molar-refractivity contribution in [3.63, 3.8) is 0 Å². The molecule has 1 aromatic carbocycles. The maximum absolute atomic E-state index is 9.61. The summed E-state index contributed by atoms with van der Waals surface area (Å²) in [5.74, 6) is 0. The Morgan fingerprint density at radius 3 is 2.37 bits per heavy atom. The molecule has 0 bridgehead atoms. The summed E-state index contributed by atoms with van der Waals surface area (Å²) >= 11 is 0. The number of aliphatic hydroxyl groups excluding tert-OH is 2. The molecule has 19 heavy (non-hydrogen) atoms. The van der Waals surface area contributed by atoms with Gasteiger partial charge in [-0.25, -0.2) is 0 Å². The highest BCUT2D eigenvalue weighted by molar-refractivity contribution is 5.14. The lowest BCUT2D eigenvalue weighted by molar-refractivity contribution is 0.0673. The lowest BCUT2D eigenvalue weighted by Gasteiger charge is -2.34. The van der Waals surface area contributed by atoms with Crippen molar-refractivity contribution >= 4 is 0 Å². The maximum Gasteiger partial charge on any atom is 0.0558 e. The molecule has 0 aliphatic carbocycles. The molecule has 1 aromatic rings. The summed E-state index contributed by atoms with van der Waals surface area (Å²) in [6.45, 7) is 6.88. The van der Waals surface area contributed by atoms with Crippen LogP contribution < -0.4 is 0 Å². The van der Waals surface area contributed by atoms with Gasteiger partial charge >= 0.3 is 0 Å². The second-order valence-electron chi connectivity index (χ2n) is 5.64. The Bertz CT molecular complexity index is 342. The van der Waals surface area contributed by atoms with Gasteiger partial charge in [0.1, 0.15) is 0 Å². The largest absolute Gasteiger partial charge is 0.396 e. The highest BCUT2D eigenvalue weighted by atomic mass is 16.3. The molecule has 0 heterocycles. The molecule has 0 aliphatic heterocycles. The Labute approximate surface area is 116 Å². The molecule has 0 fully saturated rings. The van der Waals surface area contributed by atoms with E-state index < -0.39 is 0 Å². The molecule has 0 saturated carbocycles. The first-order valence-corrected chi connectivity index (χ1v) is 7.11. The van der Waals surface area contributed by atoms with Gasteiger partial charge in [0.25, 0.3) is 0 Å². The number of hydrogen-bond acceptors (Lipinski definition) is 3. The molecule has 1 rings (SSSR count). The highest BCUT2D eigenvalue weighted by Crippen LogP contribution is 2.24. The molecular weight excluding hydrogens is 238 g/mol. The van der Waals surface area contributed by atoms with E-state index >= 15 is 0 Å². The molecule has 108 valence electrons. The molecule has 0 spiro atoms. The van der Waals surface area contributed by atoms with Crippen molar-refractivity contribution < 1.29 is 10.2 Å². The van der Waals surface area contributed by atoms with Gasteiger partial charge in [-0.2, -0.15) is 0 Å². The zero-order chi connectivity index (χ0) is 14.1. The van der Waals surface area contributed by atoms with Crippen molar-refractivity contribution in [2.75, 3.05) is 26.3 Å². The van der Waals surface area contributed by atoms with Crippen LogP contribution in [0.25, 0.3) is 0 Å². The first kappa shape index (κ1) is 16.2. The predicted octanol–water partition coefficient (Wildman–Crippen LogP) is 2.28. The fraction of sp³-hybridized carbons (Fsp3) is 0.625. The standard InChI is InChI=1S/C16H27NO2/c1-3-9-16(2,14-19)13-17(10-11-18)12-15-7-5-4-6-8-15/h4-8,18-19H,3,9-14H2,1-2H3. The van der Waals surface area contributed by atoms with Crippen molar-refractivity contribution in [3.8, 4) is 0 Å². The zero-order valence-corrected chi connectivity index (χ0v) is 12.2. The Kier molecular flexibility index (Phi) is 7.06. The minimum atomic E-state index is -0.0846. The molecule has 2 N–H and O–H groups in total. The topological polar surface area (TPSA) is 43.7 Å². The van der Waals surface area contributed by atoms with E-state index in [1.54, 1.807) is 0 Å².